The van der Waals surface area contributed by atoms with Crippen LogP contribution in [0, 0.1) is 16.0 Å². The Balaban J connectivity index is 2.06. The van der Waals surface area contributed by atoms with Gasteiger partial charge < -0.3 is 10.1 Å². The molecule has 1 aliphatic rings. The molecule has 1 saturated heterocycles. The molecule has 0 N–H and O–H groups in total. The SMILES string of the molecule is CS(=O)(=O)N1CCCC(Cn2cc(Br)c([N+](=O)[O-])n2)C1. The summed E-state index contributed by atoms with van der Waals surface area (Å²) in [6.45, 7) is 1.45. The van der Waals surface area contributed by atoms with E-state index in [0.717, 1.165) is 12.8 Å². The maximum absolute atomic E-state index is 11.5. The summed E-state index contributed by atoms with van der Waals surface area (Å²) in [5, 5.41) is 14.6. The summed E-state index contributed by atoms with van der Waals surface area (Å²) in [6.07, 6.45) is 4.43. The van der Waals surface area contributed by atoms with Gasteiger partial charge in [-0.15, -0.1) is 0 Å². The molecule has 0 saturated carbocycles. The Morgan fingerprint density at radius 1 is 1.60 bits per heavy atom. The van der Waals surface area contributed by atoms with Crippen molar-refractivity contribution >= 4 is 31.8 Å². The van der Waals surface area contributed by atoms with Crippen molar-refractivity contribution in [3.63, 3.8) is 0 Å². The third kappa shape index (κ3) is 3.55. The monoisotopic (exact) mass is 366 g/mol. The van der Waals surface area contributed by atoms with E-state index in [1.54, 1.807) is 6.20 Å². The van der Waals surface area contributed by atoms with E-state index in [2.05, 4.69) is 21.0 Å². The van der Waals surface area contributed by atoms with Crippen LogP contribution in [0.3, 0.4) is 0 Å². The second-order valence-electron chi connectivity index (χ2n) is 4.91. The minimum absolute atomic E-state index is 0.116. The molecule has 1 aliphatic heterocycles. The van der Waals surface area contributed by atoms with Gasteiger partial charge in [0.1, 0.15) is 4.47 Å². The zero-order valence-electron chi connectivity index (χ0n) is 10.9. The van der Waals surface area contributed by atoms with Gasteiger partial charge in [0, 0.05) is 13.1 Å². The summed E-state index contributed by atoms with van der Waals surface area (Å²) >= 11 is 3.09. The summed E-state index contributed by atoms with van der Waals surface area (Å²) in [6, 6.07) is 0. The van der Waals surface area contributed by atoms with Crippen molar-refractivity contribution in [1.29, 1.82) is 0 Å². The summed E-state index contributed by atoms with van der Waals surface area (Å²) in [5.74, 6) is -0.106. The molecular weight excluding hydrogens is 352 g/mol. The Bertz CT molecular complexity index is 615. The van der Waals surface area contributed by atoms with E-state index in [-0.39, 0.29) is 11.7 Å². The van der Waals surface area contributed by atoms with E-state index in [1.165, 1.54) is 15.2 Å². The number of hydrogen-bond donors (Lipinski definition) is 0. The molecule has 0 spiro atoms. The molecule has 0 bridgehead atoms. The van der Waals surface area contributed by atoms with Crippen molar-refractivity contribution in [2.75, 3.05) is 19.3 Å². The zero-order valence-corrected chi connectivity index (χ0v) is 13.3. The largest absolute Gasteiger partial charge is 0.404 e. The fraction of sp³-hybridized carbons (Fsp3) is 0.700. The fourth-order valence-corrected chi connectivity index (χ4v) is 3.75. The molecule has 0 aromatic carbocycles. The molecule has 1 atom stereocenters. The number of rotatable bonds is 4. The summed E-state index contributed by atoms with van der Waals surface area (Å²) in [4.78, 5) is 10.2. The van der Waals surface area contributed by atoms with Gasteiger partial charge in [-0.25, -0.2) is 12.7 Å². The maximum atomic E-state index is 11.5. The number of hydrogen-bond acceptors (Lipinski definition) is 5. The molecule has 1 fully saturated rings. The molecule has 0 amide bonds. The molecule has 1 aromatic rings. The lowest BCUT2D eigenvalue weighted by atomic mass is 10.00. The molecule has 2 rings (SSSR count). The first-order chi connectivity index (χ1) is 9.27. The highest BCUT2D eigenvalue weighted by Gasteiger charge is 2.28. The van der Waals surface area contributed by atoms with E-state index in [0.29, 0.717) is 24.1 Å². The third-order valence-electron chi connectivity index (χ3n) is 3.27. The van der Waals surface area contributed by atoms with Crippen LogP contribution in [0.2, 0.25) is 0 Å². The van der Waals surface area contributed by atoms with Crippen molar-refractivity contribution < 1.29 is 13.3 Å². The Morgan fingerprint density at radius 2 is 2.30 bits per heavy atom. The highest BCUT2D eigenvalue weighted by molar-refractivity contribution is 9.10. The molecule has 8 nitrogen and oxygen atoms in total. The first-order valence-corrected chi connectivity index (χ1v) is 8.74. The zero-order chi connectivity index (χ0) is 14.9. The number of aromatic nitrogens is 2. The van der Waals surface area contributed by atoms with Gasteiger partial charge in [0.2, 0.25) is 10.0 Å². The molecule has 10 heteroatoms. The predicted octanol–water partition coefficient (Wildman–Crippen LogP) is 1.23. The van der Waals surface area contributed by atoms with Gasteiger partial charge in [0.15, 0.2) is 0 Å². The van der Waals surface area contributed by atoms with Crippen LogP contribution in [-0.2, 0) is 16.6 Å². The standard InChI is InChI=1S/C10H15BrN4O4S/c1-20(18,19)14-4-2-3-8(6-14)5-13-7-9(11)10(12-13)15(16)17/h7-8H,2-6H2,1H3. The van der Waals surface area contributed by atoms with Crippen LogP contribution in [0.15, 0.2) is 10.7 Å². The second-order valence-corrected chi connectivity index (χ2v) is 7.75. The minimum Gasteiger partial charge on any atom is -0.358 e. The Kier molecular flexibility index (Phi) is 4.45. The normalized spacial score (nSPS) is 21.0. The lowest BCUT2D eigenvalue weighted by Crippen LogP contribution is -2.40. The van der Waals surface area contributed by atoms with Gasteiger partial charge in [-0.2, -0.15) is 4.68 Å². The van der Waals surface area contributed by atoms with E-state index < -0.39 is 14.9 Å². The minimum atomic E-state index is -3.18. The van der Waals surface area contributed by atoms with Crippen LogP contribution in [0.5, 0.6) is 0 Å². The molecule has 1 aromatic heterocycles. The number of sulfonamides is 1. The molecule has 1 unspecified atom stereocenters. The number of nitrogens with zero attached hydrogens (tertiary/aromatic N) is 4. The molecular formula is C10H15BrN4O4S. The van der Waals surface area contributed by atoms with Crippen LogP contribution in [0.4, 0.5) is 5.82 Å². The van der Waals surface area contributed by atoms with Crippen molar-refractivity contribution in [1.82, 2.24) is 14.1 Å². The molecule has 0 aliphatic carbocycles. The topological polar surface area (TPSA) is 98.3 Å². The lowest BCUT2D eigenvalue weighted by molar-refractivity contribution is -0.390. The van der Waals surface area contributed by atoms with Crippen LogP contribution in [0.1, 0.15) is 12.8 Å². The maximum Gasteiger partial charge on any atom is 0.404 e. The quantitative estimate of drug-likeness (QED) is 0.589. The van der Waals surface area contributed by atoms with Gasteiger partial charge in [0.25, 0.3) is 0 Å². The Morgan fingerprint density at radius 3 is 2.85 bits per heavy atom. The number of piperidine rings is 1. The summed E-state index contributed by atoms with van der Waals surface area (Å²) in [7, 11) is -3.18. The number of halogens is 1. The highest BCUT2D eigenvalue weighted by atomic mass is 79.9. The first-order valence-electron chi connectivity index (χ1n) is 6.10. The molecule has 112 valence electrons. The van der Waals surface area contributed by atoms with Gasteiger partial charge in [-0.05, 0) is 39.6 Å². The van der Waals surface area contributed by atoms with E-state index in [4.69, 9.17) is 0 Å². The summed E-state index contributed by atoms with van der Waals surface area (Å²) in [5.41, 5.74) is 0. The van der Waals surface area contributed by atoms with E-state index >= 15 is 0 Å². The van der Waals surface area contributed by atoms with Crippen molar-refractivity contribution in [3.8, 4) is 0 Å². The Hall–Kier alpha value is -1.00. The van der Waals surface area contributed by atoms with Crippen molar-refractivity contribution in [2.24, 2.45) is 5.92 Å². The Labute approximate surface area is 125 Å². The third-order valence-corrected chi connectivity index (χ3v) is 5.10. The second kappa shape index (κ2) is 5.78. The molecule has 2 heterocycles. The van der Waals surface area contributed by atoms with Gasteiger partial charge in [0.05, 0.1) is 24.1 Å². The van der Waals surface area contributed by atoms with Gasteiger partial charge in [-0.1, -0.05) is 0 Å². The van der Waals surface area contributed by atoms with E-state index in [9.17, 15) is 18.5 Å². The molecule has 0 radical (unpaired) electrons. The van der Waals surface area contributed by atoms with Gasteiger partial charge >= 0.3 is 5.82 Å². The lowest BCUT2D eigenvalue weighted by Gasteiger charge is -2.30. The smallest absolute Gasteiger partial charge is 0.358 e. The molecule has 20 heavy (non-hydrogen) atoms. The van der Waals surface area contributed by atoms with Crippen LogP contribution < -0.4 is 0 Å². The van der Waals surface area contributed by atoms with Crippen LogP contribution in [0.25, 0.3) is 0 Å². The van der Waals surface area contributed by atoms with Crippen LogP contribution >= 0.6 is 15.9 Å². The summed E-state index contributed by atoms with van der Waals surface area (Å²) < 4.78 is 26.4. The van der Waals surface area contributed by atoms with Crippen molar-refractivity contribution in [2.45, 2.75) is 19.4 Å². The van der Waals surface area contributed by atoms with Gasteiger partial charge in [-0.3, -0.25) is 0 Å². The average Bonchev–Trinajstić information content (AvgIpc) is 2.69. The highest BCUT2D eigenvalue weighted by Crippen LogP contribution is 2.25. The van der Waals surface area contributed by atoms with E-state index in [1.807, 2.05) is 0 Å². The fourth-order valence-electron chi connectivity index (χ4n) is 2.35. The first kappa shape index (κ1) is 15.4. The predicted molar refractivity (Wildman–Crippen MR) is 75.7 cm³/mol. The average molecular weight is 367 g/mol. The van der Waals surface area contributed by atoms with Crippen LogP contribution in [-0.4, -0.2) is 46.8 Å². The number of nitro groups is 1. The van der Waals surface area contributed by atoms with Crippen molar-refractivity contribution in [3.05, 3.63) is 20.8 Å².